The summed E-state index contributed by atoms with van der Waals surface area (Å²) in [7, 11) is -1.66. The van der Waals surface area contributed by atoms with Gasteiger partial charge in [-0.2, -0.15) is 18.3 Å². The number of anilines is 1. The molecule has 2 N–H and O–H groups in total. The molecule has 1 aliphatic rings. The molecule has 0 radical (unpaired) electrons. The number of carbonyl (C=O) groups excluding carboxylic acids is 1. The average molecular weight is 594 g/mol. The Balaban J connectivity index is 1.76. The molecule has 0 aliphatic heterocycles. The molecule has 0 aromatic carbocycles. The van der Waals surface area contributed by atoms with Crippen LogP contribution < -0.4 is 15.4 Å². The second-order valence-corrected chi connectivity index (χ2v) is 13.2. The molecular formula is C25H35ClF3N5O4S. The third kappa shape index (κ3) is 7.16. The quantitative estimate of drug-likeness (QED) is 0.400. The van der Waals surface area contributed by atoms with E-state index in [0.29, 0.717) is 55.8 Å². The van der Waals surface area contributed by atoms with Crippen molar-refractivity contribution >= 4 is 33.2 Å². The maximum absolute atomic E-state index is 13.2. The summed E-state index contributed by atoms with van der Waals surface area (Å²) in [6.45, 7) is 4.38. The van der Waals surface area contributed by atoms with E-state index in [9.17, 15) is 26.4 Å². The minimum absolute atomic E-state index is 0.0227. The minimum Gasteiger partial charge on any atom is -0.496 e. The summed E-state index contributed by atoms with van der Waals surface area (Å²) in [5.74, 6) is 0.182. The Morgan fingerprint density at radius 3 is 2.41 bits per heavy atom. The van der Waals surface area contributed by atoms with Gasteiger partial charge in [-0.3, -0.25) is 9.48 Å². The largest absolute Gasteiger partial charge is 0.496 e. The fourth-order valence-corrected chi connectivity index (χ4v) is 5.90. The molecule has 0 spiro atoms. The second-order valence-electron chi connectivity index (χ2n) is 10.5. The first kappa shape index (κ1) is 31.0. The number of ether oxygens (including phenoxy) is 1. The summed E-state index contributed by atoms with van der Waals surface area (Å²) < 4.78 is 70.2. The van der Waals surface area contributed by atoms with Crippen molar-refractivity contribution in [2.24, 2.45) is 11.3 Å². The van der Waals surface area contributed by atoms with Crippen LogP contribution in [0.1, 0.15) is 56.9 Å². The van der Waals surface area contributed by atoms with E-state index in [1.165, 1.54) is 30.3 Å². The van der Waals surface area contributed by atoms with Gasteiger partial charge in [-0.05, 0) is 52.4 Å². The summed E-state index contributed by atoms with van der Waals surface area (Å²) in [5, 5.41) is 9.71. The van der Waals surface area contributed by atoms with E-state index in [4.69, 9.17) is 16.3 Å². The number of aryl methyl sites for hydroxylation is 1. The second kappa shape index (κ2) is 11.9. The highest BCUT2D eigenvalue weighted by molar-refractivity contribution is 7.91. The predicted octanol–water partition coefficient (Wildman–Crippen LogP) is 4.96. The van der Waals surface area contributed by atoms with Crippen LogP contribution in [0.5, 0.6) is 5.75 Å². The number of pyridine rings is 1. The molecule has 1 aliphatic carbocycles. The van der Waals surface area contributed by atoms with Gasteiger partial charge in [0.25, 0.3) is 5.91 Å². The molecule has 1 amide bonds. The summed E-state index contributed by atoms with van der Waals surface area (Å²) in [6.07, 6.45) is 0.816. The van der Waals surface area contributed by atoms with E-state index < -0.39 is 27.3 Å². The molecule has 9 nitrogen and oxygen atoms in total. The molecule has 2 heterocycles. The molecule has 3 rings (SSSR count). The lowest BCUT2D eigenvalue weighted by molar-refractivity contribution is -0.206. The molecule has 14 heteroatoms. The van der Waals surface area contributed by atoms with Gasteiger partial charge in [0.15, 0.2) is 5.69 Å². The maximum atomic E-state index is 13.2. The number of nitrogens with zero attached hydrogens (tertiary/aromatic N) is 3. The SMILES string of the molecule is CCn1nc(C(=O)NCC2CCC(S(C)(=O)=O)CC2)c(Cl)c1-c1cnc(NCC(C)(C)C(F)(F)F)cc1OC. The van der Waals surface area contributed by atoms with Crippen LogP contribution in [0.2, 0.25) is 5.02 Å². The first-order valence-electron chi connectivity index (χ1n) is 12.7. The summed E-state index contributed by atoms with van der Waals surface area (Å²) >= 11 is 6.63. The van der Waals surface area contributed by atoms with Gasteiger partial charge >= 0.3 is 6.18 Å². The van der Waals surface area contributed by atoms with Gasteiger partial charge in [0, 0.05) is 38.2 Å². The van der Waals surface area contributed by atoms with Crippen molar-refractivity contribution in [1.82, 2.24) is 20.1 Å². The third-order valence-corrected chi connectivity index (χ3v) is 9.22. The number of methoxy groups -OCH3 is 1. The van der Waals surface area contributed by atoms with E-state index >= 15 is 0 Å². The summed E-state index contributed by atoms with van der Waals surface area (Å²) in [6, 6.07) is 1.47. The number of hydrogen-bond donors (Lipinski definition) is 2. The van der Waals surface area contributed by atoms with E-state index in [0.717, 1.165) is 13.8 Å². The number of halogens is 4. The van der Waals surface area contributed by atoms with E-state index in [2.05, 4.69) is 20.7 Å². The molecule has 1 saturated carbocycles. The fraction of sp³-hybridized carbons (Fsp3) is 0.640. The predicted molar refractivity (Wildman–Crippen MR) is 144 cm³/mol. The average Bonchev–Trinajstić information content (AvgIpc) is 3.20. The number of sulfone groups is 1. The van der Waals surface area contributed by atoms with Crippen molar-refractivity contribution in [2.45, 2.75) is 64.4 Å². The Labute approximate surface area is 231 Å². The van der Waals surface area contributed by atoms with E-state index in [1.54, 1.807) is 0 Å². The Morgan fingerprint density at radius 2 is 1.87 bits per heavy atom. The van der Waals surface area contributed by atoms with E-state index in [-0.39, 0.29) is 34.2 Å². The third-order valence-electron chi connectivity index (χ3n) is 7.18. The highest BCUT2D eigenvalue weighted by atomic mass is 35.5. The first-order chi connectivity index (χ1) is 18.1. The zero-order chi connectivity index (χ0) is 29.2. The van der Waals surface area contributed by atoms with Crippen molar-refractivity contribution in [3.63, 3.8) is 0 Å². The standard InChI is InChI=1S/C25H35ClF3N5O4S/c1-6-34-22(17-13-30-19(11-18(17)38-4)32-14-24(2,3)25(27,28)29)20(26)21(33-34)23(35)31-12-15-7-9-16(10-8-15)39(5,36)37/h11,13,15-16H,6-10,12,14H2,1-5H3,(H,30,32)(H,31,35). The van der Waals surface area contributed by atoms with Crippen LogP contribution in [-0.2, 0) is 16.4 Å². The first-order valence-corrected chi connectivity index (χ1v) is 15.0. The number of carbonyl (C=O) groups is 1. The smallest absolute Gasteiger partial charge is 0.395 e. The fourth-order valence-electron chi connectivity index (χ4n) is 4.45. The molecular weight excluding hydrogens is 559 g/mol. The number of nitrogens with one attached hydrogen (secondary N) is 2. The van der Waals surface area contributed by atoms with Gasteiger partial charge in [0.2, 0.25) is 0 Å². The molecule has 0 saturated heterocycles. The van der Waals surface area contributed by atoms with Gasteiger partial charge in [0.05, 0.1) is 34.1 Å². The van der Waals surface area contributed by atoms with Crippen molar-refractivity contribution in [3.8, 4) is 17.0 Å². The van der Waals surface area contributed by atoms with E-state index in [1.807, 2.05) is 6.92 Å². The topological polar surface area (TPSA) is 115 Å². The number of hydrogen-bond acceptors (Lipinski definition) is 7. The molecule has 2 aromatic rings. The Kier molecular flexibility index (Phi) is 9.47. The van der Waals surface area contributed by atoms with Gasteiger partial charge in [0.1, 0.15) is 21.4 Å². The number of amides is 1. The van der Waals surface area contributed by atoms with Crippen LogP contribution >= 0.6 is 11.6 Å². The molecule has 39 heavy (non-hydrogen) atoms. The Hall–Kier alpha value is -2.54. The summed E-state index contributed by atoms with van der Waals surface area (Å²) in [5.41, 5.74) is -1.13. The molecule has 0 unspecified atom stereocenters. The number of aromatic nitrogens is 3. The van der Waals surface area contributed by atoms with Crippen molar-refractivity contribution in [3.05, 3.63) is 23.0 Å². The lowest BCUT2D eigenvalue weighted by Crippen LogP contribution is -2.38. The monoisotopic (exact) mass is 593 g/mol. The molecule has 218 valence electrons. The van der Waals surface area contributed by atoms with Crippen molar-refractivity contribution < 1.29 is 31.1 Å². The van der Waals surface area contributed by atoms with Crippen LogP contribution in [0.25, 0.3) is 11.3 Å². The number of alkyl halides is 3. The highest BCUT2D eigenvalue weighted by Gasteiger charge is 2.47. The van der Waals surface area contributed by atoms with Crippen LogP contribution in [0.15, 0.2) is 12.3 Å². The van der Waals surface area contributed by atoms with Gasteiger partial charge < -0.3 is 15.4 Å². The van der Waals surface area contributed by atoms with Gasteiger partial charge in [-0.25, -0.2) is 13.4 Å². The zero-order valence-corrected chi connectivity index (χ0v) is 24.2. The summed E-state index contributed by atoms with van der Waals surface area (Å²) in [4.78, 5) is 17.2. The molecule has 2 aromatic heterocycles. The molecule has 0 bridgehead atoms. The minimum atomic E-state index is -4.39. The van der Waals surface area contributed by atoms with Crippen LogP contribution in [0.3, 0.4) is 0 Å². The van der Waals surface area contributed by atoms with Crippen LogP contribution in [0, 0.1) is 11.3 Å². The van der Waals surface area contributed by atoms with Crippen LogP contribution in [-0.4, -0.2) is 67.0 Å². The van der Waals surface area contributed by atoms with Crippen LogP contribution in [0.4, 0.5) is 19.0 Å². The van der Waals surface area contributed by atoms with Crippen molar-refractivity contribution in [1.29, 1.82) is 0 Å². The normalized spacial score (nSPS) is 18.6. The highest BCUT2D eigenvalue weighted by Crippen LogP contribution is 2.39. The zero-order valence-electron chi connectivity index (χ0n) is 22.7. The maximum Gasteiger partial charge on any atom is 0.395 e. The van der Waals surface area contributed by atoms with Crippen molar-refractivity contribution in [2.75, 3.05) is 31.8 Å². The van der Waals surface area contributed by atoms with Gasteiger partial charge in [-0.15, -0.1) is 0 Å². The number of rotatable bonds is 10. The molecule has 1 fully saturated rings. The Morgan fingerprint density at radius 1 is 1.23 bits per heavy atom. The lowest BCUT2D eigenvalue weighted by Gasteiger charge is -2.28. The molecule has 0 atom stereocenters. The van der Waals surface area contributed by atoms with Gasteiger partial charge in [-0.1, -0.05) is 11.6 Å². The lowest BCUT2D eigenvalue weighted by atomic mass is 9.89. The Bertz CT molecular complexity index is 1290.